The fourth-order valence-electron chi connectivity index (χ4n) is 2.52. The van der Waals surface area contributed by atoms with E-state index >= 15 is 0 Å². The summed E-state index contributed by atoms with van der Waals surface area (Å²) in [6.07, 6.45) is 2.16. The fourth-order valence-corrected chi connectivity index (χ4v) is 2.52. The van der Waals surface area contributed by atoms with E-state index in [2.05, 4.69) is 0 Å². The molecule has 0 atom stereocenters. The highest BCUT2D eigenvalue weighted by Gasteiger charge is 2.16. The molecule has 110 valence electrons. The van der Waals surface area contributed by atoms with Gasteiger partial charge in [0.25, 0.3) is 0 Å². The number of hydrogen-bond acceptors (Lipinski definition) is 5. The van der Waals surface area contributed by atoms with Gasteiger partial charge in [-0.05, 0) is 24.8 Å². The third-order valence-corrected chi connectivity index (χ3v) is 3.76. The van der Waals surface area contributed by atoms with Gasteiger partial charge in [0.15, 0.2) is 11.5 Å². The van der Waals surface area contributed by atoms with Gasteiger partial charge in [0.2, 0.25) is 0 Å². The molecule has 1 aromatic rings. The molecule has 3 rings (SSSR count). The van der Waals surface area contributed by atoms with Crippen LogP contribution in [0.25, 0.3) is 0 Å². The van der Waals surface area contributed by atoms with Crippen LogP contribution in [0.3, 0.4) is 0 Å². The molecule has 0 aromatic heterocycles. The van der Waals surface area contributed by atoms with E-state index in [0.29, 0.717) is 31.4 Å². The normalized spacial score (nSPS) is 19.0. The van der Waals surface area contributed by atoms with Crippen LogP contribution < -0.4 is 15.2 Å². The second-order valence-electron chi connectivity index (χ2n) is 5.27. The summed E-state index contributed by atoms with van der Waals surface area (Å²) in [4.78, 5) is 0. The maximum absolute atomic E-state index is 6.03. The maximum Gasteiger partial charge on any atom is 0.163 e. The van der Waals surface area contributed by atoms with Gasteiger partial charge in [0, 0.05) is 30.5 Å². The SMILES string of the molecule is Nc1cc2c(cc1COCC1CCOCC1)OCCO2. The monoisotopic (exact) mass is 279 g/mol. The average Bonchev–Trinajstić information content (AvgIpc) is 2.49. The van der Waals surface area contributed by atoms with Crippen LogP contribution >= 0.6 is 0 Å². The lowest BCUT2D eigenvalue weighted by molar-refractivity contribution is 0.0158. The highest BCUT2D eigenvalue weighted by atomic mass is 16.6. The van der Waals surface area contributed by atoms with Gasteiger partial charge >= 0.3 is 0 Å². The van der Waals surface area contributed by atoms with Crippen LogP contribution in [0.2, 0.25) is 0 Å². The first-order valence-electron chi connectivity index (χ1n) is 7.16. The van der Waals surface area contributed by atoms with Crippen molar-refractivity contribution < 1.29 is 18.9 Å². The molecule has 2 aliphatic heterocycles. The molecule has 2 heterocycles. The summed E-state index contributed by atoms with van der Waals surface area (Å²) in [7, 11) is 0. The molecule has 0 spiro atoms. The van der Waals surface area contributed by atoms with Crippen molar-refractivity contribution in [2.75, 3.05) is 38.8 Å². The van der Waals surface area contributed by atoms with Gasteiger partial charge < -0.3 is 24.7 Å². The van der Waals surface area contributed by atoms with Gasteiger partial charge in [0.1, 0.15) is 13.2 Å². The van der Waals surface area contributed by atoms with Gasteiger partial charge in [-0.1, -0.05) is 0 Å². The highest BCUT2D eigenvalue weighted by molar-refractivity contribution is 5.58. The third kappa shape index (κ3) is 3.16. The Morgan fingerprint density at radius 1 is 1.05 bits per heavy atom. The lowest BCUT2D eigenvalue weighted by Crippen LogP contribution is -2.20. The van der Waals surface area contributed by atoms with Crippen LogP contribution in [0.4, 0.5) is 5.69 Å². The molecule has 1 saturated heterocycles. The minimum Gasteiger partial charge on any atom is -0.486 e. The Labute approximate surface area is 118 Å². The number of rotatable bonds is 4. The smallest absolute Gasteiger partial charge is 0.163 e. The van der Waals surface area contributed by atoms with E-state index in [1.807, 2.05) is 12.1 Å². The minimum absolute atomic E-state index is 0.514. The van der Waals surface area contributed by atoms with Gasteiger partial charge in [-0.25, -0.2) is 0 Å². The van der Waals surface area contributed by atoms with Crippen LogP contribution in [0.15, 0.2) is 12.1 Å². The number of hydrogen-bond donors (Lipinski definition) is 1. The van der Waals surface area contributed by atoms with Crippen molar-refractivity contribution in [1.82, 2.24) is 0 Å². The zero-order valence-electron chi connectivity index (χ0n) is 11.6. The number of nitrogens with two attached hydrogens (primary N) is 1. The van der Waals surface area contributed by atoms with Crippen LogP contribution in [0.5, 0.6) is 11.5 Å². The molecule has 5 nitrogen and oxygen atoms in total. The Bertz CT molecular complexity index is 457. The summed E-state index contributed by atoms with van der Waals surface area (Å²) in [6.45, 7) is 4.13. The topological polar surface area (TPSA) is 62.9 Å². The fraction of sp³-hybridized carbons (Fsp3) is 0.600. The summed E-state index contributed by atoms with van der Waals surface area (Å²) in [5.41, 5.74) is 7.68. The van der Waals surface area contributed by atoms with Gasteiger partial charge in [-0.15, -0.1) is 0 Å². The molecule has 0 amide bonds. The summed E-state index contributed by atoms with van der Waals surface area (Å²) >= 11 is 0. The van der Waals surface area contributed by atoms with Crippen molar-refractivity contribution in [2.24, 2.45) is 5.92 Å². The first-order chi connectivity index (χ1) is 9.83. The molecule has 1 fully saturated rings. The molecular formula is C15H21NO4. The zero-order valence-corrected chi connectivity index (χ0v) is 11.6. The molecule has 2 aliphatic rings. The Kier molecular flexibility index (Phi) is 4.28. The highest BCUT2D eigenvalue weighted by Crippen LogP contribution is 2.34. The first kappa shape index (κ1) is 13.5. The quantitative estimate of drug-likeness (QED) is 0.854. The second kappa shape index (κ2) is 6.33. The zero-order chi connectivity index (χ0) is 13.8. The molecule has 2 N–H and O–H groups in total. The first-order valence-corrected chi connectivity index (χ1v) is 7.16. The Morgan fingerprint density at radius 2 is 1.75 bits per heavy atom. The Hall–Kier alpha value is -1.46. The number of anilines is 1. The van der Waals surface area contributed by atoms with E-state index in [4.69, 9.17) is 24.7 Å². The maximum atomic E-state index is 6.03. The molecule has 20 heavy (non-hydrogen) atoms. The molecule has 5 heteroatoms. The van der Waals surface area contributed by atoms with E-state index in [1.165, 1.54) is 0 Å². The number of ether oxygens (including phenoxy) is 4. The molecular weight excluding hydrogens is 258 g/mol. The van der Waals surface area contributed by atoms with E-state index in [1.54, 1.807) is 0 Å². The summed E-state index contributed by atoms with van der Waals surface area (Å²) in [5, 5.41) is 0. The Morgan fingerprint density at radius 3 is 2.50 bits per heavy atom. The largest absolute Gasteiger partial charge is 0.486 e. The molecule has 1 aromatic carbocycles. The van der Waals surface area contributed by atoms with Crippen LogP contribution in [0, 0.1) is 5.92 Å². The predicted octanol–water partition coefficient (Wildman–Crippen LogP) is 1.98. The van der Waals surface area contributed by atoms with Crippen molar-refractivity contribution >= 4 is 5.69 Å². The van der Waals surface area contributed by atoms with E-state index < -0.39 is 0 Å². The predicted molar refractivity (Wildman–Crippen MR) is 75.0 cm³/mol. The number of nitrogen functional groups attached to an aromatic ring is 1. The second-order valence-corrected chi connectivity index (χ2v) is 5.27. The van der Waals surface area contributed by atoms with Crippen LogP contribution in [-0.2, 0) is 16.1 Å². The van der Waals surface area contributed by atoms with Gasteiger partial charge in [0.05, 0.1) is 13.2 Å². The van der Waals surface area contributed by atoms with Crippen LogP contribution in [-0.4, -0.2) is 33.0 Å². The van der Waals surface area contributed by atoms with E-state index in [-0.39, 0.29) is 0 Å². The molecule has 0 saturated carbocycles. The van der Waals surface area contributed by atoms with E-state index in [9.17, 15) is 0 Å². The molecule has 0 bridgehead atoms. The van der Waals surface area contributed by atoms with Crippen molar-refractivity contribution in [3.8, 4) is 11.5 Å². The van der Waals surface area contributed by atoms with Gasteiger partial charge in [-0.3, -0.25) is 0 Å². The lowest BCUT2D eigenvalue weighted by Gasteiger charge is -2.22. The summed E-state index contributed by atoms with van der Waals surface area (Å²) in [5.74, 6) is 2.08. The standard InChI is InChI=1S/C15H21NO4/c16-13-8-15-14(19-5-6-20-15)7-12(13)10-18-9-11-1-3-17-4-2-11/h7-8,11H,1-6,9-10,16H2. The van der Waals surface area contributed by atoms with Crippen LogP contribution in [0.1, 0.15) is 18.4 Å². The van der Waals surface area contributed by atoms with Crippen molar-refractivity contribution in [3.63, 3.8) is 0 Å². The van der Waals surface area contributed by atoms with Gasteiger partial charge in [-0.2, -0.15) is 0 Å². The third-order valence-electron chi connectivity index (χ3n) is 3.76. The summed E-state index contributed by atoms with van der Waals surface area (Å²) in [6, 6.07) is 3.75. The number of benzene rings is 1. The van der Waals surface area contributed by atoms with Crippen molar-refractivity contribution in [2.45, 2.75) is 19.4 Å². The Balaban J connectivity index is 1.56. The molecule has 0 radical (unpaired) electrons. The lowest BCUT2D eigenvalue weighted by atomic mass is 10.0. The van der Waals surface area contributed by atoms with Crippen molar-refractivity contribution in [1.29, 1.82) is 0 Å². The van der Waals surface area contributed by atoms with E-state index in [0.717, 1.165) is 49.7 Å². The summed E-state index contributed by atoms with van der Waals surface area (Å²) < 4.78 is 22.2. The molecule has 0 aliphatic carbocycles. The average molecular weight is 279 g/mol. The number of fused-ring (bicyclic) bond motifs is 1. The molecule has 0 unspecified atom stereocenters. The minimum atomic E-state index is 0.514. The van der Waals surface area contributed by atoms with Crippen molar-refractivity contribution in [3.05, 3.63) is 17.7 Å².